The van der Waals surface area contributed by atoms with Crippen LogP contribution in [0.15, 0.2) is 97.1 Å². The van der Waals surface area contributed by atoms with Crippen molar-refractivity contribution >= 4 is 34.2 Å². The minimum atomic E-state index is -0.648. The van der Waals surface area contributed by atoms with Crippen LogP contribution < -0.4 is 5.32 Å². The first kappa shape index (κ1) is 27.4. The van der Waals surface area contributed by atoms with Gasteiger partial charge in [0.2, 0.25) is 11.8 Å². The first-order valence-electron chi connectivity index (χ1n) is 13.3. The molecule has 5 heteroatoms. The van der Waals surface area contributed by atoms with E-state index in [2.05, 4.69) is 29.6 Å². The zero-order valence-electron chi connectivity index (χ0n) is 22.1. The van der Waals surface area contributed by atoms with Gasteiger partial charge in [0, 0.05) is 30.5 Å². The molecule has 0 radical (unpaired) electrons. The quantitative estimate of drug-likeness (QED) is 0.229. The highest BCUT2D eigenvalue weighted by molar-refractivity contribution is 6.30. The number of amides is 2. The van der Waals surface area contributed by atoms with Gasteiger partial charge in [-0.15, -0.1) is 0 Å². The van der Waals surface area contributed by atoms with Crippen molar-refractivity contribution in [1.29, 1.82) is 0 Å². The van der Waals surface area contributed by atoms with Crippen molar-refractivity contribution in [1.82, 2.24) is 10.2 Å². The highest BCUT2D eigenvalue weighted by atomic mass is 35.5. The highest BCUT2D eigenvalue weighted by Gasteiger charge is 2.30. The van der Waals surface area contributed by atoms with Crippen molar-refractivity contribution in [2.24, 2.45) is 0 Å². The Balaban J connectivity index is 1.65. The van der Waals surface area contributed by atoms with Gasteiger partial charge in [0.25, 0.3) is 0 Å². The zero-order valence-corrected chi connectivity index (χ0v) is 22.8. The number of halogens is 1. The number of aryl methyl sites for hydroxylation is 1. The summed E-state index contributed by atoms with van der Waals surface area (Å²) in [6.45, 7) is 4.33. The Bertz CT molecular complexity index is 1370. The Morgan fingerprint density at radius 1 is 0.868 bits per heavy atom. The topological polar surface area (TPSA) is 49.4 Å². The van der Waals surface area contributed by atoms with E-state index in [4.69, 9.17) is 11.6 Å². The number of fused-ring (bicyclic) bond motifs is 1. The van der Waals surface area contributed by atoms with Crippen molar-refractivity contribution in [2.45, 2.75) is 58.2 Å². The van der Waals surface area contributed by atoms with Gasteiger partial charge in [-0.3, -0.25) is 9.59 Å². The van der Waals surface area contributed by atoms with Crippen molar-refractivity contribution in [3.05, 3.63) is 119 Å². The number of benzene rings is 4. The summed E-state index contributed by atoms with van der Waals surface area (Å²) in [5.74, 6) is -0.193. The molecule has 4 rings (SSSR count). The Labute approximate surface area is 230 Å². The van der Waals surface area contributed by atoms with Crippen LogP contribution in [0.1, 0.15) is 43.4 Å². The standard InChI is InChI=1S/C33H35ClN2O2/c1-3-24(2)35-33(38)31(22-25-11-5-4-6-12-25)36(23-26-13-9-17-29(34)21-26)32(37)20-19-28-16-10-15-27-14-7-8-18-30(27)28/h4-18,21,24,31H,3,19-20,22-23H2,1-2H3,(H,35,38)/t24-,31+/m0/s1. The van der Waals surface area contributed by atoms with Crippen LogP contribution in [0.25, 0.3) is 10.8 Å². The molecule has 0 aliphatic heterocycles. The minimum Gasteiger partial charge on any atom is -0.352 e. The van der Waals surface area contributed by atoms with Gasteiger partial charge in [0.05, 0.1) is 0 Å². The van der Waals surface area contributed by atoms with E-state index in [-0.39, 0.29) is 17.9 Å². The molecule has 0 saturated carbocycles. The SMILES string of the molecule is CC[C@H](C)NC(=O)[C@@H](Cc1ccccc1)N(Cc1cccc(Cl)c1)C(=O)CCc1cccc2ccccc12. The Morgan fingerprint density at radius 2 is 1.55 bits per heavy atom. The highest BCUT2D eigenvalue weighted by Crippen LogP contribution is 2.22. The molecule has 0 fully saturated rings. The van der Waals surface area contributed by atoms with Crippen LogP contribution in [-0.4, -0.2) is 28.8 Å². The van der Waals surface area contributed by atoms with Gasteiger partial charge in [-0.1, -0.05) is 103 Å². The van der Waals surface area contributed by atoms with Gasteiger partial charge >= 0.3 is 0 Å². The predicted octanol–water partition coefficient (Wildman–Crippen LogP) is 6.98. The molecule has 0 bridgehead atoms. The van der Waals surface area contributed by atoms with Crippen molar-refractivity contribution in [3.63, 3.8) is 0 Å². The molecule has 0 aromatic heterocycles. The number of rotatable bonds is 11. The smallest absolute Gasteiger partial charge is 0.243 e. The summed E-state index contributed by atoms with van der Waals surface area (Å²) in [5, 5.41) is 6.04. The third-order valence-electron chi connectivity index (χ3n) is 7.00. The minimum absolute atomic E-state index is 0.0135. The van der Waals surface area contributed by atoms with Gasteiger partial charge < -0.3 is 10.2 Å². The van der Waals surface area contributed by atoms with E-state index >= 15 is 0 Å². The Hall–Kier alpha value is -3.63. The summed E-state index contributed by atoms with van der Waals surface area (Å²) in [6.07, 6.45) is 2.14. The van der Waals surface area contributed by atoms with Crippen LogP contribution in [-0.2, 0) is 29.0 Å². The van der Waals surface area contributed by atoms with E-state index in [9.17, 15) is 9.59 Å². The molecular weight excluding hydrogens is 492 g/mol. The van der Waals surface area contributed by atoms with Crippen molar-refractivity contribution in [3.8, 4) is 0 Å². The second kappa shape index (κ2) is 13.3. The summed E-state index contributed by atoms with van der Waals surface area (Å²) in [7, 11) is 0. The maximum absolute atomic E-state index is 13.9. The fourth-order valence-corrected chi connectivity index (χ4v) is 4.94. The fraction of sp³-hybridized carbons (Fsp3) is 0.273. The molecule has 38 heavy (non-hydrogen) atoms. The Kier molecular flexibility index (Phi) is 9.56. The van der Waals surface area contributed by atoms with E-state index in [0.717, 1.165) is 33.9 Å². The average Bonchev–Trinajstić information content (AvgIpc) is 2.94. The van der Waals surface area contributed by atoms with Crippen LogP contribution in [0, 0.1) is 0 Å². The number of nitrogens with one attached hydrogen (secondary N) is 1. The number of carbonyl (C=O) groups excluding carboxylic acids is 2. The summed E-state index contributed by atoms with van der Waals surface area (Å²) in [5.41, 5.74) is 3.03. The number of carbonyl (C=O) groups is 2. The predicted molar refractivity (Wildman–Crippen MR) is 156 cm³/mol. The van der Waals surface area contributed by atoms with Crippen LogP contribution in [0.5, 0.6) is 0 Å². The molecular formula is C33H35ClN2O2. The van der Waals surface area contributed by atoms with Crippen LogP contribution in [0.3, 0.4) is 0 Å². The molecule has 4 aromatic carbocycles. The van der Waals surface area contributed by atoms with Gasteiger partial charge in [0.1, 0.15) is 6.04 Å². The van der Waals surface area contributed by atoms with Gasteiger partial charge in [-0.05, 0) is 59.4 Å². The molecule has 0 saturated heterocycles. The van der Waals surface area contributed by atoms with Gasteiger partial charge in [-0.25, -0.2) is 0 Å². The summed E-state index contributed by atoms with van der Waals surface area (Å²) < 4.78 is 0. The summed E-state index contributed by atoms with van der Waals surface area (Å²) >= 11 is 6.28. The number of hydrogen-bond acceptors (Lipinski definition) is 2. The molecule has 0 aliphatic rings. The van der Waals surface area contributed by atoms with E-state index in [1.165, 1.54) is 0 Å². The zero-order chi connectivity index (χ0) is 26.9. The maximum atomic E-state index is 13.9. The van der Waals surface area contributed by atoms with E-state index in [0.29, 0.717) is 30.8 Å². The lowest BCUT2D eigenvalue weighted by atomic mass is 9.99. The first-order valence-corrected chi connectivity index (χ1v) is 13.7. The lowest BCUT2D eigenvalue weighted by molar-refractivity contribution is -0.141. The molecule has 0 unspecified atom stereocenters. The normalized spacial score (nSPS) is 12.6. The van der Waals surface area contributed by atoms with Crippen molar-refractivity contribution in [2.75, 3.05) is 0 Å². The maximum Gasteiger partial charge on any atom is 0.243 e. The lowest BCUT2D eigenvalue weighted by Gasteiger charge is -2.32. The second-order valence-electron chi connectivity index (χ2n) is 9.81. The third-order valence-corrected chi connectivity index (χ3v) is 7.24. The molecule has 4 nitrogen and oxygen atoms in total. The fourth-order valence-electron chi connectivity index (χ4n) is 4.72. The van der Waals surface area contributed by atoms with E-state index in [1.54, 1.807) is 4.90 Å². The average molecular weight is 527 g/mol. The second-order valence-corrected chi connectivity index (χ2v) is 10.2. The van der Waals surface area contributed by atoms with E-state index in [1.807, 2.05) is 86.6 Å². The van der Waals surface area contributed by atoms with Crippen molar-refractivity contribution < 1.29 is 9.59 Å². The Morgan fingerprint density at radius 3 is 2.32 bits per heavy atom. The van der Waals surface area contributed by atoms with Crippen LogP contribution in [0.4, 0.5) is 0 Å². The van der Waals surface area contributed by atoms with Crippen LogP contribution in [0.2, 0.25) is 5.02 Å². The molecule has 0 aliphatic carbocycles. The molecule has 0 heterocycles. The number of nitrogens with zero attached hydrogens (tertiary/aromatic N) is 1. The summed E-state index contributed by atoms with van der Waals surface area (Å²) in [4.78, 5) is 29.3. The number of hydrogen-bond donors (Lipinski definition) is 1. The molecule has 1 N–H and O–H groups in total. The first-order chi connectivity index (χ1) is 18.4. The summed E-state index contributed by atoms with van der Waals surface area (Å²) in [6, 6.07) is 31.2. The lowest BCUT2D eigenvalue weighted by Crippen LogP contribution is -2.52. The van der Waals surface area contributed by atoms with Gasteiger partial charge in [0.15, 0.2) is 0 Å². The molecule has 0 spiro atoms. The molecule has 196 valence electrons. The van der Waals surface area contributed by atoms with Gasteiger partial charge in [-0.2, -0.15) is 0 Å². The monoisotopic (exact) mass is 526 g/mol. The molecule has 4 aromatic rings. The van der Waals surface area contributed by atoms with E-state index < -0.39 is 6.04 Å². The largest absolute Gasteiger partial charge is 0.352 e. The van der Waals surface area contributed by atoms with Crippen LogP contribution >= 0.6 is 11.6 Å². The molecule has 2 amide bonds. The third kappa shape index (κ3) is 7.23. The molecule has 2 atom stereocenters.